The van der Waals surface area contributed by atoms with Crippen LogP contribution in [0.4, 0.5) is 0 Å². The minimum absolute atomic E-state index is 1.24. The predicted molar refractivity (Wildman–Crippen MR) is 221 cm³/mol. The van der Waals surface area contributed by atoms with Crippen LogP contribution in [0.1, 0.15) is 0 Å². The quantitative estimate of drug-likeness (QED) is 0.0973. The average Bonchev–Trinajstić information content (AvgIpc) is 3.57. The number of rotatable bonds is 5. The number of fused-ring (bicyclic) bond motifs is 9. The zero-order valence-corrected chi connectivity index (χ0v) is 29.2. The van der Waals surface area contributed by atoms with Crippen molar-refractivity contribution in [3.05, 3.63) is 194 Å². The summed E-state index contributed by atoms with van der Waals surface area (Å²) in [4.78, 5) is 0. The minimum atomic E-state index is -2.87. The summed E-state index contributed by atoms with van der Waals surface area (Å²) in [5.74, 6) is 0. The molecule has 1 heterocycles. The van der Waals surface area contributed by atoms with Gasteiger partial charge in [0.15, 0.2) is 8.07 Å². The van der Waals surface area contributed by atoms with E-state index in [4.69, 9.17) is 0 Å². The molecule has 1 atom stereocenters. The monoisotopic (exact) mass is 668 g/mol. The van der Waals surface area contributed by atoms with E-state index in [1.54, 1.807) is 0 Å². The highest BCUT2D eigenvalue weighted by Gasteiger charge is 2.42. The zero-order chi connectivity index (χ0) is 33.1. The smallest absolute Gasteiger partial charge is 0.135 e. The molecular weight excluding hydrogens is 637 g/mol. The maximum absolute atomic E-state index is 2.87. The summed E-state index contributed by atoms with van der Waals surface area (Å²) in [6.45, 7) is 0. The number of thiophene rings is 1. The Kier molecular flexibility index (Phi) is 6.80. The molecule has 1 unspecified atom stereocenters. The first kappa shape index (κ1) is 29.1. The third kappa shape index (κ3) is 4.43. The molecule has 2 heteroatoms. The minimum Gasteiger partial charge on any atom is -0.135 e. The summed E-state index contributed by atoms with van der Waals surface area (Å²) in [7, 11) is -2.87. The molecule has 10 aromatic rings. The first-order valence-electron chi connectivity index (χ1n) is 17.3. The SMILES string of the molecule is c1ccc(-c2ccc([Si](c3ccccc3)(c3ccc4sc5ccccc5c4c3)c3ccc4c5ccccc5c5ccccc5c4c3)cc2)cc1. The fourth-order valence-electron chi connectivity index (χ4n) is 8.33. The van der Waals surface area contributed by atoms with Gasteiger partial charge in [-0.2, -0.15) is 0 Å². The Morgan fingerprint density at radius 1 is 0.260 bits per heavy atom. The van der Waals surface area contributed by atoms with E-state index in [9.17, 15) is 0 Å². The van der Waals surface area contributed by atoms with Crippen molar-refractivity contribution in [1.29, 1.82) is 0 Å². The van der Waals surface area contributed by atoms with E-state index in [0.29, 0.717) is 0 Å². The van der Waals surface area contributed by atoms with E-state index in [-0.39, 0.29) is 0 Å². The second-order valence-electron chi connectivity index (χ2n) is 13.2. The largest absolute Gasteiger partial charge is 0.179 e. The van der Waals surface area contributed by atoms with Gasteiger partial charge in [0.2, 0.25) is 0 Å². The van der Waals surface area contributed by atoms with Gasteiger partial charge in [-0.3, -0.25) is 0 Å². The van der Waals surface area contributed by atoms with Crippen LogP contribution in [0.15, 0.2) is 194 Å². The molecular formula is C48H32SSi. The average molecular weight is 669 g/mol. The summed E-state index contributed by atoms with van der Waals surface area (Å²) in [5.41, 5.74) is 2.47. The highest BCUT2D eigenvalue weighted by Crippen LogP contribution is 2.36. The molecule has 10 rings (SSSR count). The second-order valence-corrected chi connectivity index (χ2v) is 18.1. The Morgan fingerprint density at radius 3 is 1.34 bits per heavy atom. The summed E-state index contributed by atoms with van der Waals surface area (Å²) in [5, 5.41) is 16.1. The third-order valence-corrected chi connectivity index (χ3v) is 16.5. The van der Waals surface area contributed by atoms with Crippen molar-refractivity contribution in [2.45, 2.75) is 0 Å². The lowest BCUT2D eigenvalue weighted by Crippen LogP contribution is -2.74. The first-order valence-corrected chi connectivity index (χ1v) is 20.1. The second kappa shape index (κ2) is 11.7. The van der Waals surface area contributed by atoms with Crippen molar-refractivity contribution in [1.82, 2.24) is 0 Å². The molecule has 0 saturated carbocycles. The fourth-order valence-corrected chi connectivity index (χ4v) is 14.2. The van der Waals surface area contributed by atoms with E-state index in [1.165, 1.54) is 84.4 Å². The maximum Gasteiger partial charge on any atom is 0.179 e. The lowest BCUT2D eigenvalue weighted by molar-refractivity contribution is 1.63. The van der Waals surface area contributed by atoms with Crippen LogP contribution in [0.2, 0.25) is 0 Å². The van der Waals surface area contributed by atoms with Gasteiger partial charge in [0, 0.05) is 20.2 Å². The van der Waals surface area contributed by atoms with Crippen LogP contribution in [-0.2, 0) is 0 Å². The highest BCUT2D eigenvalue weighted by atomic mass is 32.1. The molecule has 9 aromatic carbocycles. The molecule has 0 bridgehead atoms. The summed E-state index contributed by atoms with van der Waals surface area (Å²) >= 11 is 1.89. The van der Waals surface area contributed by atoms with Gasteiger partial charge in [0.1, 0.15) is 0 Å². The highest BCUT2D eigenvalue weighted by molar-refractivity contribution is 7.26. The van der Waals surface area contributed by atoms with Crippen LogP contribution in [-0.4, -0.2) is 8.07 Å². The number of hydrogen-bond acceptors (Lipinski definition) is 1. The van der Waals surface area contributed by atoms with Crippen LogP contribution in [0.25, 0.3) is 63.6 Å². The molecule has 1 aromatic heterocycles. The Bertz CT molecular complexity index is 2820. The molecule has 0 aliphatic rings. The molecule has 0 saturated heterocycles. The molecule has 0 aliphatic carbocycles. The molecule has 0 nitrogen and oxygen atoms in total. The normalized spacial score (nSPS) is 13.0. The van der Waals surface area contributed by atoms with Crippen LogP contribution >= 0.6 is 11.3 Å². The Balaban J connectivity index is 1.33. The molecule has 234 valence electrons. The van der Waals surface area contributed by atoms with Crippen molar-refractivity contribution < 1.29 is 0 Å². The van der Waals surface area contributed by atoms with Crippen molar-refractivity contribution in [3.63, 3.8) is 0 Å². The van der Waals surface area contributed by atoms with E-state index in [2.05, 4.69) is 194 Å². The Hall–Kier alpha value is -5.80. The van der Waals surface area contributed by atoms with Gasteiger partial charge >= 0.3 is 0 Å². The lowest BCUT2D eigenvalue weighted by Gasteiger charge is -2.35. The molecule has 0 aliphatic heterocycles. The van der Waals surface area contributed by atoms with Crippen LogP contribution in [0.5, 0.6) is 0 Å². The van der Waals surface area contributed by atoms with Gasteiger partial charge in [-0.25, -0.2) is 0 Å². The van der Waals surface area contributed by atoms with Crippen molar-refractivity contribution >= 4 is 92.6 Å². The van der Waals surface area contributed by atoms with Crippen LogP contribution in [0, 0.1) is 0 Å². The van der Waals surface area contributed by atoms with E-state index < -0.39 is 8.07 Å². The van der Waals surface area contributed by atoms with Gasteiger partial charge < -0.3 is 0 Å². The van der Waals surface area contributed by atoms with Gasteiger partial charge in [-0.15, -0.1) is 11.3 Å². The van der Waals surface area contributed by atoms with E-state index in [1.807, 2.05) is 11.3 Å². The maximum atomic E-state index is 2.55. The Morgan fingerprint density at radius 2 is 0.680 bits per heavy atom. The predicted octanol–water partition coefficient (Wildman–Crippen LogP) is 10.6. The lowest BCUT2D eigenvalue weighted by atomic mass is 9.94. The van der Waals surface area contributed by atoms with Crippen molar-refractivity contribution in [3.8, 4) is 11.1 Å². The summed E-state index contributed by atoms with van der Waals surface area (Å²) < 4.78 is 2.67. The van der Waals surface area contributed by atoms with Gasteiger partial charge in [0.25, 0.3) is 0 Å². The summed E-state index contributed by atoms with van der Waals surface area (Å²) in [6.07, 6.45) is 0. The van der Waals surface area contributed by atoms with Crippen LogP contribution < -0.4 is 20.7 Å². The molecule has 0 amide bonds. The molecule has 0 radical (unpaired) electrons. The van der Waals surface area contributed by atoms with E-state index >= 15 is 0 Å². The molecule has 0 N–H and O–H groups in total. The van der Waals surface area contributed by atoms with Gasteiger partial charge in [0.05, 0.1) is 0 Å². The van der Waals surface area contributed by atoms with Crippen LogP contribution in [0.3, 0.4) is 0 Å². The van der Waals surface area contributed by atoms with Gasteiger partial charge in [-0.05, 0) is 76.3 Å². The third-order valence-electron chi connectivity index (χ3n) is 10.6. The molecule has 0 spiro atoms. The van der Waals surface area contributed by atoms with Gasteiger partial charge in [-0.1, -0.05) is 182 Å². The molecule has 50 heavy (non-hydrogen) atoms. The fraction of sp³-hybridized carbons (Fsp3) is 0. The topological polar surface area (TPSA) is 0 Å². The Labute approximate surface area is 296 Å². The van der Waals surface area contributed by atoms with E-state index in [0.717, 1.165) is 0 Å². The standard InChI is InChI=1S/C48H32SSi/c1-3-13-33(14-4-1)34-23-25-36(26-24-34)50(35-15-5-2-6-16-35,38-28-30-48-46(32-38)44-21-11-12-22-47(44)49-48)37-27-29-43-41-19-8-7-17-39(41)40-18-9-10-20-42(40)45(43)31-37/h1-32H. The zero-order valence-electron chi connectivity index (χ0n) is 27.4. The van der Waals surface area contributed by atoms with Crippen molar-refractivity contribution in [2.75, 3.05) is 0 Å². The number of hydrogen-bond donors (Lipinski definition) is 0. The molecule has 0 fully saturated rings. The number of benzene rings is 9. The first-order chi connectivity index (χ1) is 24.8. The van der Waals surface area contributed by atoms with Crippen molar-refractivity contribution in [2.24, 2.45) is 0 Å². The summed E-state index contributed by atoms with van der Waals surface area (Å²) in [6, 6.07) is 73.0.